The zero-order valence-corrected chi connectivity index (χ0v) is 22.3. The van der Waals surface area contributed by atoms with Crippen LogP contribution >= 0.6 is 0 Å². The molecule has 4 heteroatoms. The number of benzene rings is 2. The van der Waals surface area contributed by atoms with Crippen molar-refractivity contribution in [2.75, 3.05) is 0 Å². The third-order valence-electron chi connectivity index (χ3n) is 4.09. The van der Waals surface area contributed by atoms with Crippen molar-refractivity contribution in [1.82, 2.24) is 0 Å². The van der Waals surface area contributed by atoms with E-state index in [1.165, 1.54) is 24.8 Å². The molecule has 0 amide bonds. The van der Waals surface area contributed by atoms with Gasteiger partial charge < -0.3 is 24.8 Å². The molecule has 0 bridgehead atoms. The largest absolute Gasteiger partial charge is 1.00 e. The van der Waals surface area contributed by atoms with E-state index in [4.69, 9.17) is 0 Å². The van der Waals surface area contributed by atoms with E-state index in [0.717, 1.165) is 6.42 Å². The summed E-state index contributed by atoms with van der Waals surface area (Å²) >= 11 is 1.55. The second-order valence-electron chi connectivity index (χ2n) is 7.78. The Bertz CT molecular complexity index is 892. The number of hydrogen-bond donors (Lipinski definition) is 0. The average molecular weight is 507 g/mol. The standard InChI is InChI=1S/C13H9.C8H13Si.C3H6.2ClH.Zr/c1-3-7-12-10(5-1)9-11-6-2-4-8-13(11)12;1-9(2,3)8-6-4-5-7-8;1-3-2;;;/h1-9H;6-7H,4H2,1-3H3;1-2H3;2*1H;/q2*-1;;;;+2/p-2. The first-order valence-corrected chi connectivity index (χ1v) is 13.8. The topological polar surface area (TPSA) is 0 Å². The molecule has 1 aliphatic rings. The van der Waals surface area contributed by atoms with Gasteiger partial charge in [0.15, 0.2) is 0 Å². The SMILES string of the molecule is C[C](C)=[Zr+2].C[Si](C)(C)C1=CC[C-]=C1.[Cl-].[Cl-].c1ccc2c(c1)[cH-]c1ccccc12. The van der Waals surface area contributed by atoms with Gasteiger partial charge in [0, 0.05) is 0 Å². The normalized spacial score (nSPS) is 12.0. The van der Waals surface area contributed by atoms with Gasteiger partial charge in [-0.05, 0) is 8.07 Å². The Morgan fingerprint density at radius 1 is 0.893 bits per heavy atom. The molecular weight excluding hydrogens is 478 g/mol. The third-order valence-corrected chi connectivity index (χ3v) is 6.17. The molecule has 0 spiro atoms. The minimum absolute atomic E-state index is 0. The summed E-state index contributed by atoms with van der Waals surface area (Å²) in [4.78, 5) is 0. The van der Waals surface area contributed by atoms with Gasteiger partial charge >= 0.3 is 41.3 Å². The Hall–Kier alpha value is -0.660. The monoisotopic (exact) mass is 504 g/mol. The second-order valence-corrected chi connectivity index (χ2v) is 15.3. The predicted molar refractivity (Wildman–Crippen MR) is 117 cm³/mol. The summed E-state index contributed by atoms with van der Waals surface area (Å²) in [5, 5.41) is 6.95. The minimum atomic E-state index is -0.981. The summed E-state index contributed by atoms with van der Waals surface area (Å²) in [5.41, 5.74) is 0. The van der Waals surface area contributed by atoms with Gasteiger partial charge in [-0.2, -0.15) is 6.08 Å². The number of hydrogen-bond acceptors (Lipinski definition) is 0. The summed E-state index contributed by atoms with van der Waals surface area (Å²) in [7, 11) is -0.981. The molecule has 4 rings (SSSR count). The van der Waals surface area contributed by atoms with Crippen molar-refractivity contribution in [3.8, 4) is 0 Å². The van der Waals surface area contributed by atoms with E-state index < -0.39 is 8.07 Å². The first-order chi connectivity index (χ1) is 12.3. The van der Waals surface area contributed by atoms with Crippen LogP contribution in [0.25, 0.3) is 21.5 Å². The van der Waals surface area contributed by atoms with Gasteiger partial charge in [0.25, 0.3) is 0 Å². The van der Waals surface area contributed by atoms with Crippen molar-refractivity contribution in [2.24, 2.45) is 0 Å². The first kappa shape index (κ1) is 27.3. The molecule has 0 radical (unpaired) electrons. The van der Waals surface area contributed by atoms with Crippen LogP contribution in [0, 0.1) is 6.08 Å². The minimum Gasteiger partial charge on any atom is -1.00 e. The van der Waals surface area contributed by atoms with Gasteiger partial charge in [0.05, 0.1) is 0 Å². The first-order valence-electron chi connectivity index (χ1n) is 9.11. The van der Waals surface area contributed by atoms with Crippen molar-refractivity contribution in [2.45, 2.75) is 39.9 Å². The molecule has 0 nitrogen and oxygen atoms in total. The Morgan fingerprint density at radius 2 is 1.32 bits per heavy atom. The van der Waals surface area contributed by atoms with Crippen molar-refractivity contribution in [3.63, 3.8) is 0 Å². The maximum Gasteiger partial charge on any atom is -0.0114 e. The maximum atomic E-state index is 3.20. The molecule has 0 atom stereocenters. The van der Waals surface area contributed by atoms with Crippen molar-refractivity contribution >= 4 is 32.8 Å². The van der Waals surface area contributed by atoms with Gasteiger partial charge in [0.2, 0.25) is 0 Å². The molecule has 3 aromatic carbocycles. The maximum absolute atomic E-state index is 3.20. The van der Waals surface area contributed by atoms with E-state index in [-0.39, 0.29) is 24.8 Å². The third kappa shape index (κ3) is 8.37. The Kier molecular flexibility index (Phi) is 12.5. The van der Waals surface area contributed by atoms with Crippen molar-refractivity contribution in [1.29, 1.82) is 0 Å². The van der Waals surface area contributed by atoms with E-state index in [0.29, 0.717) is 0 Å². The van der Waals surface area contributed by atoms with Crippen molar-refractivity contribution < 1.29 is 49.0 Å². The molecule has 0 N–H and O–H groups in total. The van der Waals surface area contributed by atoms with Crippen LogP contribution < -0.4 is 24.8 Å². The molecule has 0 unspecified atom stereocenters. The molecule has 148 valence electrons. The van der Waals surface area contributed by atoms with Gasteiger partial charge in [-0.25, -0.2) is 11.3 Å². The number of allylic oxidation sites excluding steroid dienone is 4. The average Bonchev–Trinajstić information content (AvgIpc) is 3.22. The van der Waals surface area contributed by atoms with Gasteiger partial charge in [0.1, 0.15) is 0 Å². The Labute approximate surface area is 198 Å². The Balaban J connectivity index is 0.000000432. The number of rotatable bonds is 1. The molecular formula is C24H28Cl2SiZr-2. The second kappa shape index (κ2) is 12.8. The van der Waals surface area contributed by atoms with Crippen LogP contribution in [-0.4, -0.2) is 11.3 Å². The van der Waals surface area contributed by atoms with Crippen LogP contribution in [0.2, 0.25) is 19.6 Å². The fourth-order valence-corrected chi connectivity index (χ4v) is 4.07. The fraction of sp³-hybridized carbons (Fsp3) is 0.250. The number of halogens is 2. The van der Waals surface area contributed by atoms with E-state index in [1.54, 1.807) is 29.4 Å². The molecule has 0 saturated heterocycles. The van der Waals surface area contributed by atoms with Crippen LogP contribution in [0.3, 0.4) is 0 Å². The molecule has 0 aliphatic heterocycles. The molecule has 0 saturated carbocycles. The van der Waals surface area contributed by atoms with Crippen LogP contribution in [0.1, 0.15) is 20.3 Å². The molecule has 28 heavy (non-hydrogen) atoms. The zero-order chi connectivity index (χ0) is 19.2. The fourth-order valence-electron chi connectivity index (χ4n) is 2.82. The summed E-state index contributed by atoms with van der Waals surface area (Å²) in [6, 6.07) is 19.3. The Morgan fingerprint density at radius 3 is 1.64 bits per heavy atom. The molecule has 3 aromatic rings. The van der Waals surface area contributed by atoms with Crippen LogP contribution in [0.15, 0.2) is 71.9 Å². The van der Waals surface area contributed by atoms with E-state index in [9.17, 15) is 0 Å². The summed E-state index contributed by atoms with van der Waals surface area (Å²) in [6.45, 7) is 11.3. The van der Waals surface area contributed by atoms with Crippen LogP contribution in [0.4, 0.5) is 0 Å². The molecule has 0 aromatic heterocycles. The van der Waals surface area contributed by atoms with Gasteiger partial charge in [-0.3, -0.25) is 6.08 Å². The van der Waals surface area contributed by atoms with E-state index in [1.807, 2.05) is 0 Å². The summed E-state index contributed by atoms with van der Waals surface area (Å²) in [6.07, 6.45) is 8.69. The van der Waals surface area contributed by atoms with E-state index in [2.05, 4.69) is 106 Å². The predicted octanol–water partition coefficient (Wildman–Crippen LogP) is 1.02. The smallest absolute Gasteiger partial charge is 0.0114 e. The van der Waals surface area contributed by atoms with Crippen LogP contribution in [-0.2, 0) is 24.2 Å². The summed E-state index contributed by atoms with van der Waals surface area (Å²) < 4.78 is 1.51. The summed E-state index contributed by atoms with van der Waals surface area (Å²) in [5.74, 6) is 0. The quantitative estimate of drug-likeness (QED) is 0.342. The number of fused-ring (bicyclic) bond motifs is 3. The van der Waals surface area contributed by atoms with Crippen LogP contribution in [0.5, 0.6) is 0 Å². The van der Waals surface area contributed by atoms with Crippen molar-refractivity contribution in [3.05, 3.63) is 78.0 Å². The molecule has 1 aliphatic carbocycles. The zero-order valence-electron chi connectivity index (χ0n) is 17.3. The van der Waals surface area contributed by atoms with E-state index >= 15 is 0 Å². The molecule has 0 fully saturated rings. The van der Waals surface area contributed by atoms with Gasteiger partial charge in [-0.1, -0.05) is 56.0 Å². The molecule has 0 heterocycles. The van der Waals surface area contributed by atoms with Gasteiger partial charge in [-0.15, -0.1) is 46.2 Å².